The number of rotatable bonds is 3. The summed E-state index contributed by atoms with van der Waals surface area (Å²) >= 11 is 6.22. The molecule has 0 radical (unpaired) electrons. The summed E-state index contributed by atoms with van der Waals surface area (Å²) in [6.45, 7) is 2.55. The summed E-state index contributed by atoms with van der Waals surface area (Å²) in [4.78, 5) is 2.15. The van der Waals surface area contributed by atoms with Gasteiger partial charge >= 0.3 is 0 Å². The number of sulfone groups is 1. The zero-order chi connectivity index (χ0) is 13.9. The van der Waals surface area contributed by atoms with Gasteiger partial charge in [0.1, 0.15) is 0 Å². The Bertz CT molecular complexity index is 546. The van der Waals surface area contributed by atoms with Crippen LogP contribution in [-0.2, 0) is 22.9 Å². The van der Waals surface area contributed by atoms with Gasteiger partial charge in [0.2, 0.25) is 0 Å². The van der Waals surface area contributed by atoms with E-state index in [0.717, 1.165) is 17.7 Å². The molecule has 2 N–H and O–H groups in total. The summed E-state index contributed by atoms with van der Waals surface area (Å²) in [6.07, 6.45) is 0.695. The van der Waals surface area contributed by atoms with E-state index in [1.54, 1.807) is 0 Å². The van der Waals surface area contributed by atoms with Crippen LogP contribution in [0.2, 0.25) is 5.02 Å². The lowest BCUT2D eigenvalue weighted by molar-refractivity contribution is 0.287. The van der Waals surface area contributed by atoms with Crippen molar-refractivity contribution in [2.75, 3.05) is 24.6 Å². The summed E-state index contributed by atoms with van der Waals surface area (Å²) in [7, 11) is -2.86. The third-order valence-corrected chi connectivity index (χ3v) is 5.46. The van der Waals surface area contributed by atoms with Gasteiger partial charge in [0.05, 0.1) is 11.5 Å². The van der Waals surface area contributed by atoms with E-state index in [9.17, 15) is 8.42 Å². The molecular weight excluding hydrogens is 284 g/mol. The van der Waals surface area contributed by atoms with Crippen LogP contribution in [0.4, 0.5) is 0 Å². The average Bonchev–Trinajstić information content (AvgIpc) is 2.53. The molecule has 0 bridgehead atoms. The van der Waals surface area contributed by atoms with Gasteiger partial charge in [0, 0.05) is 24.7 Å². The molecule has 1 fully saturated rings. The van der Waals surface area contributed by atoms with Gasteiger partial charge in [-0.2, -0.15) is 0 Å². The van der Waals surface area contributed by atoms with Crippen molar-refractivity contribution >= 4 is 21.4 Å². The number of hydrogen-bond donors (Lipinski definition) is 1. The molecule has 4 nitrogen and oxygen atoms in total. The van der Waals surface area contributed by atoms with Crippen molar-refractivity contribution in [1.82, 2.24) is 4.90 Å². The molecule has 0 aliphatic carbocycles. The van der Waals surface area contributed by atoms with E-state index < -0.39 is 9.84 Å². The van der Waals surface area contributed by atoms with E-state index in [4.69, 9.17) is 17.3 Å². The second-order valence-electron chi connectivity index (χ2n) is 4.91. The van der Waals surface area contributed by atoms with Crippen LogP contribution in [0.25, 0.3) is 0 Å². The molecule has 0 atom stereocenters. The molecule has 1 aromatic carbocycles. The third-order valence-electron chi connectivity index (χ3n) is 3.40. The zero-order valence-corrected chi connectivity index (χ0v) is 12.4. The van der Waals surface area contributed by atoms with Crippen LogP contribution in [0, 0.1) is 0 Å². The van der Waals surface area contributed by atoms with E-state index in [-0.39, 0.29) is 5.75 Å². The number of halogens is 1. The van der Waals surface area contributed by atoms with Gasteiger partial charge in [0.15, 0.2) is 9.84 Å². The molecule has 1 aliphatic rings. The second-order valence-corrected chi connectivity index (χ2v) is 7.62. The lowest BCUT2D eigenvalue weighted by atomic mass is 10.1. The standard InChI is InChI=1S/C13H19ClN2O2S/c14-13-8-11(9-15)2-3-12(13)10-16-4-1-6-19(17,18)7-5-16/h2-3,8H,1,4-7,9-10,15H2. The monoisotopic (exact) mass is 302 g/mol. The lowest BCUT2D eigenvalue weighted by Crippen LogP contribution is -2.26. The number of nitrogens with zero attached hydrogens (tertiary/aromatic N) is 1. The van der Waals surface area contributed by atoms with Gasteiger partial charge in [-0.25, -0.2) is 8.42 Å². The molecular formula is C13H19ClN2O2S. The molecule has 0 spiro atoms. The fourth-order valence-corrected chi connectivity index (χ4v) is 3.81. The molecule has 1 aromatic rings. The van der Waals surface area contributed by atoms with Crippen LogP contribution < -0.4 is 5.73 Å². The first-order valence-corrected chi connectivity index (χ1v) is 8.60. The molecule has 0 aromatic heterocycles. The topological polar surface area (TPSA) is 63.4 Å². The van der Waals surface area contributed by atoms with Crippen LogP contribution in [0.5, 0.6) is 0 Å². The van der Waals surface area contributed by atoms with E-state index in [0.29, 0.717) is 36.8 Å². The molecule has 19 heavy (non-hydrogen) atoms. The Morgan fingerprint density at radius 3 is 2.74 bits per heavy atom. The van der Waals surface area contributed by atoms with Crippen LogP contribution >= 0.6 is 11.6 Å². The Kier molecular flexibility index (Phi) is 4.84. The van der Waals surface area contributed by atoms with E-state index in [1.807, 2.05) is 18.2 Å². The first-order chi connectivity index (χ1) is 9.00. The van der Waals surface area contributed by atoms with Crippen molar-refractivity contribution in [3.63, 3.8) is 0 Å². The lowest BCUT2D eigenvalue weighted by Gasteiger charge is -2.20. The summed E-state index contributed by atoms with van der Waals surface area (Å²) in [5, 5.41) is 0.704. The highest BCUT2D eigenvalue weighted by Gasteiger charge is 2.19. The van der Waals surface area contributed by atoms with Crippen molar-refractivity contribution in [1.29, 1.82) is 0 Å². The highest BCUT2D eigenvalue weighted by atomic mass is 35.5. The number of hydrogen-bond acceptors (Lipinski definition) is 4. The first-order valence-electron chi connectivity index (χ1n) is 6.40. The van der Waals surface area contributed by atoms with Gasteiger partial charge < -0.3 is 5.73 Å². The van der Waals surface area contributed by atoms with Crippen LogP contribution in [0.1, 0.15) is 17.5 Å². The normalized spacial score (nSPS) is 20.1. The van der Waals surface area contributed by atoms with Crippen LogP contribution in [0.3, 0.4) is 0 Å². The van der Waals surface area contributed by atoms with Gasteiger partial charge in [-0.15, -0.1) is 0 Å². The largest absolute Gasteiger partial charge is 0.326 e. The summed E-state index contributed by atoms with van der Waals surface area (Å²) in [6, 6.07) is 5.82. The Hall–Kier alpha value is -0.620. The molecule has 1 aliphatic heterocycles. The quantitative estimate of drug-likeness (QED) is 0.917. The predicted molar refractivity (Wildman–Crippen MR) is 77.9 cm³/mol. The van der Waals surface area contributed by atoms with Crippen molar-refractivity contribution < 1.29 is 8.42 Å². The van der Waals surface area contributed by atoms with E-state index in [2.05, 4.69) is 4.90 Å². The second kappa shape index (κ2) is 6.22. The Balaban J connectivity index is 2.05. The summed E-state index contributed by atoms with van der Waals surface area (Å²) in [5.41, 5.74) is 7.60. The van der Waals surface area contributed by atoms with Crippen molar-refractivity contribution in [2.45, 2.75) is 19.5 Å². The molecule has 2 rings (SSSR count). The maximum Gasteiger partial charge on any atom is 0.151 e. The Labute approximate surface area is 119 Å². The number of nitrogens with two attached hydrogens (primary N) is 1. The van der Waals surface area contributed by atoms with Gasteiger partial charge in [0.25, 0.3) is 0 Å². The maximum atomic E-state index is 11.6. The van der Waals surface area contributed by atoms with Crippen molar-refractivity contribution in [3.05, 3.63) is 34.3 Å². The molecule has 0 unspecified atom stereocenters. The molecule has 0 amide bonds. The van der Waals surface area contributed by atoms with Crippen molar-refractivity contribution in [2.24, 2.45) is 5.73 Å². The molecule has 1 saturated heterocycles. The van der Waals surface area contributed by atoms with Crippen LogP contribution in [0.15, 0.2) is 18.2 Å². The fourth-order valence-electron chi connectivity index (χ4n) is 2.24. The minimum absolute atomic E-state index is 0.242. The van der Waals surface area contributed by atoms with Gasteiger partial charge in [-0.05, 0) is 30.2 Å². The number of benzene rings is 1. The highest BCUT2D eigenvalue weighted by Crippen LogP contribution is 2.20. The zero-order valence-electron chi connectivity index (χ0n) is 10.8. The first kappa shape index (κ1) is 14.8. The molecule has 0 saturated carbocycles. The fraction of sp³-hybridized carbons (Fsp3) is 0.538. The summed E-state index contributed by atoms with van der Waals surface area (Å²) in [5.74, 6) is 0.537. The van der Waals surface area contributed by atoms with Crippen molar-refractivity contribution in [3.8, 4) is 0 Å². The highest BCUT2D eigenvalue weighted by molar-refractivity contribution is 7.91. The predicted octanol–water partition coefficient (Wildman–Crippen LogP) is 1.42. The minimum Gasteiger partial charge on any atom is -0.326 e. The maximum absolute atomic E-state index is 11.6. The molecule has 106 valence electrons. The minimum atomic E-state index is -2.86. The van der Waals surface area contributed by atoms with Crippen LogP contribution in [-0.4, -0.2) is 37.9 Å². The Morgan fingerprint density at radius 1 is 1.26 bits per heavy atom. The van der Waals surface area contributed by atoms with Gasteiger partial charge in [-0.3, -0.25) is 4.90 Å². The van der Waals surface area contributed by atoms with E-state index >= 15 is 0 Å². The van der Waals surface area contributed by atoms with Gasteiger partial charge in [-0.1, -0.05) is 23.7 Å². The third kappa shape index (κ3) is 4.18. The smallest absolute Gasteiger partial charge is 0.151 e. The summed E-state index contributed by atoms with van der Waals surface area (Å²) < 4.78 is 23.1. The SMILES string of the molecule is NCc1ccc(CN2CCCS(=O)(=O)CC2)c(Cl)c1. The molecule has 6 heteroatoms. The molecule has 1 heterocycles. The Morgan fingerprint density at radius 2 is 2.05 bits per heavy atom. The van der Waals surface area contributed by atoms with E-state index in [1.165, 1.54) is 0 Å². The average molecular weight is 303 g/mol.